The molecule has 1 fully saturated rings. The lowest BCUT2D eigenvalue weighted by atomic mass is 10.2. The van der Waals surface area contributed by atoms with E-state index < -0.39 is 17.7 Å². The standard InChI is InChI=1S/C19H18F2N2O4/c1-23-16(6-8-18(23)24)19(25)22-15-10-12(4-7-17(15)26-2)27-11-3-5-13(20)14(21)9-11/h3-5,7,9-10,16H,6,8H2,1-2H3,(H,22,25)/t16-/m1/s1. The molecule has 0 radical (unpaired) electrons. The van der Waals surface area contributed by atoms with Crippen LogP contribution in [0.25, 0.3) is 0 Å². The van der Waals surface area contributed by atoms with Crippen molar-refractivity contribution in [3.05, 3.63) is 48.0 Å². The third-order valence-electron chi connectivity index (χ3n) is 4.35. The molecule has 27 heavy (non-hydrogen) atoms. The predicted octanol–water partition coefficient (Wildman–Crippen LogP) is 3.33. The molecule has 1 saturated heterocycles. The maximum atomic E-state index is 13.3. The van der Waals surface area contributed by atoms with Gasteiger partial charge in [-0.3, -0.25) is 9.59 Å². The average Bonchev–Trinajstić information content (AvgIpc) is 2.97. The van der Waals surface area contributed by atoms with Crippen molar-refractivity contribution in [1.82, 2.24) is 4.90 Å². The molecule has 1 aliphatic rings. The summed E-state index contributed by atoms with van der Waals surface area (Å²) in [5.41, 5.74) is 0.343. The molecule has 0 spiro atoms. The number of amides is 2. The van der Waals surface area contributed by atoms with Crippen molar-refractivity contribution in [3.8, 4) is 17.2 Å². The number of benzene rings is 2. The van der Waals surface area contributed by atoms with E-state index in [4.69, 9.17) is 9.47 Å². The minimum Gasteiger partial charge on any atom is -0.495 e. The van der Waals surface area contributed by atoms with Gasteiger partial charge in [0.25, 0.3) is 0 Å². The maximum Gasteiger partial charge on any atom is 0.247 e. The lowest BCUT2D eigenvalue weighted by Gasteiger charge is -2.20. The van der Waals surface area contributed by atoms with Crippen LogP contribution in [-0.2, 0) is 9.59 Å². The van der Waals surface area contributed by atoms with Gasteiger partial charge in [0.15, 0.2) is 11.6 Å². The fraction of sp³-hybridized carbons (Fsp3) is 0.263. The van der Waals surface area contributed by atoms with Gasteiger partial charge in [-0.05, 0) is 30.7 Å². The molecule has 6 nitrogen and oxygen atoms in total. The summed E-state index contributed by atoms with van der Waals surface area (Å²) in [5, 5.41) is 2.73. The van der Waals surface area contributed by atoms with E-state index in [1.165, 1.54) is 24.1 Å². The van der Waals surface area contributed by atoms with Gasteiger partial charge in [-0.25, -0.2) is 8.78 Å². The lowest BCUT2D eigenvalue weighted by Crippen LogP contribution is -2.38. The van der Waals surface area contributed by atoms with E-state index in [0.717, 1.165) is 12.1 Å². The molecule has 1 heterocycles. The lowest BCUT2D eigenvalue weighted by molar-refractivity contribution is -0.131. The van der Waals surface area contributed by atoms with Crippen molar-refractivity contribution in [2.24, 2.45) is 0 Å². The van der Waals surface area contributed by atoms with Crippen LogP contribution < -0.4 is 14.8 Å². The van der Waals surface area contributed by atoms with Crippen molar-refractivity contribution in [2.45, 2.75) is 18.9 Å². The summed E-state index contributed by atoms with van der Waals surface area (Å²) in [4.78, 5) is 25.5. The van der Waals surface area contributed by atoms with E-state index in [0.29, 0.717) is 30.0 Å². The highest BCUT2D eigenvalue weighted by Crippen LogP contribution is 2.32. The Hall–Kier alpha value is -3.16. The molecule has 1 atom stereocenters. The zero-order valence-corrected chi connectivity index (χ0v) is 14.8. The first-order chi connectivity index (χ1) is 12.9. The van der Waals surface area contributed by atoms with E-state index in [1.807, 2.05) is 0 Å². The van der Waals surface area contributed by atoms with Crippen molar-refractivity contribution in [1.29, 1.82) is 0 Å². The molecule has 8 heteroatoms. The zero-order chi connectivity index (χ0) is 19.6. The van der Waals surface area contributed by atoms with Crippen LogP contribution in [0.3, 0.4) is 0 Å². The average molecular weight is 376 g/mol. The molecule has 0 aromatic heterocycles. The topological polar surface area (TPSA) is 67.9 Å². The number of likely N-dealkylation sites (N-methyl/N-ethyl adjacent to an activating group) is 1. The third kappa shape index (κ3) is 3.99. The second kappa shape index (κ2) is 7.61. The summed E-state index contributed by atoms with van der Waals surface area (Å²) < 4.78 is 37.1. The molecule has 0 saturated carbocycles. The van der Waals surface area contributed by atoms with Crippen LogP contribution in [0.4, 0.5) is 14.5 Å². The van der Waals surface area contributed by atoms with E-state index >= 15 is 0 Å². The first kappa shape index (κ1) is 18.6. The number of hydrogen-bond donors (Lipinski definition) is 1. The Morgan fingerprint density at radius 1 is 1.15 bits per heavy atom. The molecule has 0 bridgehead atoms. The second-order valence-electron chi connectivity index (χ2n) is 6.09. The van der Waals surface area contributed by atoms with Gasteiger partial charge in [-0.2, -0.15) is 0 Å². The molecule has 1 aliphatic heterocycles. The summed E-state index contributed by atoms with van der Waals surface area (Å²) in [6.45, 7) is 0. The van der Waals surface area contributed by atoms with Crippen molar-refractivity contribution in [2.75, 3.05) is 19.5 Å². The summed E-state index contributed by atoms with van der Waals surface area (Å²) in [5.74, 6) is -1.62. The minimum absolute atomic E-state index is 0.0856. The number of ether oxygens (including phenoxy) is 2. The Kier molecular flexibility index (Phi) is 5.25. The van der Waals surface area contributed by atoms with Crippen LogP contribution in [0, 0.1) is 11.6 Å². The van der Waals surface area contributed by atoms with Crippen LogP contribution in [0.2, 0.25) is 0 Å². The number of halogens is 2. The van der Waals surface area contributed by atoms with Crippen LogP contribution in [0.15, 0.2) is 36.4 Å². The number of anilines is 1. The van der Waals surface area contributed by atoms with Gasteiger partial charge in [0.2, 0.25) is 11.8 Å². The number of likely N-dealkylation sites (tertiary alicyclic amines) is 1. The first-order valence-corrected chi connectivity index (χ1v) is 8.26. The van der Waals surface area contributed by atoms with E-state index in [-0.39, 0.29) is 17.6 Å². The Bertz CT molecular complexity index is 888. The minimum atomic E-state index is -1.02. The van der Waals surface area contributed by atoms with Crippen molar-refractivity contribution < 1.29 is 27.8 Å². The number of nitrogens with zero attached hydrogens (tertiary/aromatic N) is 1. The SMILES string of the molecule is COc1ccc(Oc2ccc(F)c(F)c2)cc1NC(=O)[C@H]1CCC(=O)N1C. The van der Waals surface area contributed by atoms with Gasteiger partial charge in [0.1, 0.15) is 23.3 Å². The highest BCUT2D eigenvalue weighted by atomic mass is 19.2. The molecular weight excluding hydrogens is 358 g/mol. The van der Waals surface area contributed by atoms with E-state index in [2.05, 4.69) is 5.32 Å². The fourth-order valence-corrected chi connectivity index (χ4v) is 2.85. The van der Waals surface area contributed by atoms with Crippen LogP contribution in [-0.4, -0.2) is 36.9 Å². The maximum absolute atomic E-state index is 13.3. The van der Waals surface area contributed by atoms with Crippen LogP contribution in [0.5, 0.6) is 17.2 Å². The summed E-state index contributed by atoms with van der Waals surface area (Å²) >= 11 is 0. The van der Waals surface area contributed by atoms with E-state index in [9.17, 15) is 18.4 Å². The van der Waals surface area contributed by atoms with Gasteiger partial charge in [-0.1, -0.05) is 0 Å². The largest absolute Gasteiger partial charge is 0.495 e. The number of rotatable bonds is 5. The molecule has 0 aliphatic carbocycles. The summed E-state index contributed by atoms with van der Waals surface area (Å²) in [6.07, 6.45) is 0.763. The highest BCUT2D eigenvalue weighted by Gasteiger charge is 2.33. The predicted molar refractivity (Wildman–Crippen MR) is 93.8 cm³/mol. The molecule has 2 amide bonds. The molecule has 3 rings (SSSR count). The molecule has 142 valence electrons. The monoisotopic (exact) mass is 376 g/mol. The highest BCUT2D eigenvalue weighted by molar-refractivity contribution is 5.99. The molecule has 2 aromatic rings. The Labute approximate surface area is 154 Å². The summed E-state index contributed by atoms with van der Waals surface area (Å²) in [7, 11) is 3.03. The quantitative estimate of drug-likeness (QED) is 0.869. The Morgan fingerprint density at radius 2 is 1.85 bits per heavy atom. The smallest absolute Gasteiger partial charge is 0.247 e. The number of nitrogens with one attached hydrogen (secondary N) is 1. The van der Waals surface area contributed by atoms with Gasteiger partial charge in [0.05, 0.1) is 12.8 Å². The van der Waals surface area contributed by atoms with E-state index in [1.54, 1.807) is 19.2 Å². The first-order valence-electron chi connectivity index (χ1n) is 8.26. The van der Waals surface area contributed by atoms with Gasteiger partial charge < -0.3 is 19.7 Å². The molecular formula is C19H18F2N2O4. The number of hydrogen-bond acceptors (Lipinski definition) is 4. The Morgan fingerprint density at radius 3 is 2.48 bits per heavy atom. The third-order valence-corrected chi connectivity index (χ3v) is 4.35. The van der Waals surface area contributed by atoms with Gasteiger partial charge >= 0.3 is 0 Å². The zero-order valence-electron chi connectivity index (χ0n) is 14.8. The molecule has 2 aromatic carbocycles. The van der Waals surface area contributed by atoms with Crippen LogP contribution >= 0.6 is 0 Å². The van der Waals surface area contributed by atoms with Crippen LogP contribution in [0.1, 0.15) is 12.8 Å². The Balaban J connectivity index is 1.80. The number of methoxy groups -OCH3 is 1. The van der Waals surface area contributed by atoms with Gasteiger partial charge in [0, 0.05) is 25.6 Å². The van der Waals surface area contributed by atoms with Crippen molar-refractivity contribution >= 4 is 17.5 Å². The molecule has 0 unspecified atom stereocenters. The van der Waals surface area contributed by atoms with Crippen molar-refractivity contribution in [3.63, 3.8) is 0 Å². The number of carbonyl (C=O) groups excluding carboxylic acids is 2. The summed E-state index contributed by atoms with van der Waals surface area (Å²) in [6, 6.07) is 7.28. The second-order valence-corrected chi connectivity index (χ2v) is 6.09. The van der Waals surface area contributed by atoms with Gasteiger partial charge in [-0.15, -0.1) is 0 Å². The molecule has 1 N–H and O–H groups in total. The normalized spacial score (nSPS) is 16.4. The fourth-order valence-electron chi connectivity index (χ4n) is 2.85. The number of carbonyl (C=O) groups is 2.